The summed E-state index contributed by atoms with van der Waals surface area (Å²) in [7, 11) is 3.41. The van der Waals surface area contributed by atoms with E-state index in [0.717, 1.165) is 32.8 Å². The summed E-state index contributed by atoms with van der Waals surface area (Å²) in [5.41, 5.74) is 0. The molecule has 1 unspecified atom stereocenters. The lowest BCUT2D eigenvalue weighted by atomic mass is 10.3. The Hall–Kier alpha value is -2.39. The van der Waals surface area contributed by atoms with Crippen LogP contribution < -0.4 is 15.4 Å². The number of morpholine rings is 1. The molecule has 0 bridgehead atoms. The van der Waals surface area contributed by atoms with Gasteiger partial charge in [0.2, 0.25) is 5.91 Å². The summed E-state index contributed by atoms with van der Waals surface area (Å²) in [5.74, 6) is 0.785. The highest BCUT2D eigenvalue weighted by atomic mass is 19.1. The molecule has 2 N–H and O–H groups in total. The molecule has 162 valence electrons. The molecule has 1 saturated heterocycles. The topological polar surface area (TPSA) is 78.4 Å². The van der Waals surface area contributed by atoms with Gasteiger partial charge < -0.3 is 25.0 Å². The first-order chi connectivity index (χ1) is 13.9. The van der Waals surface area contributed by atoms with Crippen LogP contribution >= 0.6 is 0 Å². The molecule has 0 spiro atoms. The van der Waals surface area contributed by atoms with Gasteiger partial charge in [-0.25, -0.2) is 9.38 Å². The van der Waals surface area contributed by atoms with E-state index >= 15 is 0 Å². The van der Waals surface area contributed by atoms with Crippen molar-refractivity contribution in [3.63, 3.8) is 0 Å². The zero-order valence-electron chi connectivity index (χ0n) is 17.5. The number of aliphatic imine (C=N–C) groups is 1. The Kier molecular flexibility index (Phi) is 9.66. The molecule has 0 radical (unpaired) electrons. The van der Waals surface area contributed by atoms with E-state index in [4.69, 9.17) is 9.47 Å². The molecule has 9 heteroatoms. The fourth-order valence-electron chi connectivity index (χ4n) is 2.65. The third-order valence-corrected chi connectivity index (χ3v) is 4.40. The van der Waals surface area contributed by atoms with Crippen LogP contribution in [-0.4, -0.2) is 94.3 Å². The molecule has 1 fully saturated rings. The van der Waals surface area contributed by atoms with E-state index < -0.39 is 0 Å². The molecule has 1 aliphatic rings. The molecule has 1 heterocycles. The fraction of sp³-hybridized carbons (Fsp3) is 0.600. The van der Waals surface area contributed by atoms with Crippen molar-refractivity contribution in [3.05, 3.63) is 30.1 Å². The number of guanidine groups is 1. The van der Waals surface area contributed by atoms with E-state index in [9.17, 15) is 9.18 Å². The van der Waals surface area contributed by atoms with E-state index in [-0.39, 0.29) is 24.4 Å². The van der Waals surface area contributed by atoms with Crippen LogP contribution in [0.25, 0.3) is 0 Å². The second-order valence-corrected chi connectivity index (χ2v) is 7.10. The number of halogens is 1. The van der Waals surface area contributed by atoms with Crippen LogP contribution in [0.4, 0.5) is 4.39 Å². The van der Waals surface area contributed by atoms with Crippen LogP contribution in [-0.2, 0) is 9.53 Å². The van der Waals surface area contributed by atoms with E-state index in [2.05, 4.69) is 20.5 Å². The maximum Gasteiger partial charge on any atom is 0.243 e. The van der Waals surface area contributed by atoms with Gasteiger partial charge in [0.1, 0.15) is 24.2 Å². The van der Waals surface area contributed by atoms with Gasteiger partial charge >= 0.3 is 0 Å². The Morgan fingerprint density at radius 3 is 2.62 bits per heavy atom. The van der Waals surface area contributed by atoms with Gasteiger partial charge in [-0.15, -0.1) is 0 Å². The third kappa shape index (κ3) is 9.10. The molecule has 0 aromatic heterocycles. The highest BCUT2D eigenvalue weighted by molar-refractivity contribution is 5.84. The largest absolute Gasteiger partial charge is 0.489 e. The van der Waals surface area contributed by atoms with Crippen LogP contribution in [0, 0.1) is 5.82 Å². The number of nitrogens with one attached hydrogen (secondary N) is 2. The number of hydrogen-bond acceptors (Lipinski definition) is 5. The second kappa shape index (κ2) is 12.2. The minimum atomic E-state index is -0.299. The maximum atomic E-state index is 13.0. The maximum absolute atomic E-state index is 13.0. The van der Waals surface area contributed by atoms with E-state index in [1.807, 2.05) is 6.92 Å². The SMILES string of the molecule is CC(CNC(=NCC(=O)N(C)C)NCCN1CCOCC1)Oc1ccc(F)cc1. The van der Waals surface area contributed by atoms with Gasteiger partial charge in [-0.3, -0.25) is 9.69 Å². The summed E-state index contributed by atoms with van der Waals surface area (Å²) in [4.78, 5) is 20.1. The van der Waals surface area contributed by atoms with Crippen LogP contribution in [0.1, 0.15) is 6.92 Å². The monoisotopic (exact) mass is 409 g/mol. The standard InChI is InChI=1S/C20H32FN5O3/c1-16(29-18-6-4-17(21)5-7-18)14-23-20(24-15-19(27)25(2)3)22-8-9-26-10-12-28-13-11-26/h4-7,16H,8-15H2,1-3H3,(H2,22,23,24). The Morgan fingerprint density at radius 2 is 1.97 bits per heavy atom. The second-order valence-electron chi connectivity index (χ2n) is 7.10. The summed E-state index contributed by atoms with van der Waals surface area (Å²) in [6, 6.07) is 5.92. The van der Waals surface area contributed by atoms with Crippen LogP contribution in [0.3, 0.4) is 0 Å². The number of hydrogen-bond donors (Lipinski definition) is 2. The Balaban J connectivity index is 1.83. The molecule has 1 aromatic carbocycles. The average molecular weight is 410 g/mol. The lowest BCUT2D eigenvalue weighted by Gasteiger charge is -2.27. The number of nitrogens with zero attached hydrogens (tertiary/aromatic N) is 3. The van der Waals surface area contributed by atoms with Crippen molar-refractivity contribution in [2.24, 2.45) is 4.99 Å². The van der Waals surface area contributed by atoms with E-state index in [1.165, 1.54) is 17.0 Å². The summed E-state index contributed by atoms with van der Waals surface area (Å²) < 4.78 is 24.1. The van der Waals surface area contributed by atoms with Gasteiger partial charge in [-0.2, -0.15) is 0 Å². The van der Waals surface area contributed by atoms with Crippen molar-refractivity contribution in [2.45, 2.75) is 13.0 Å². The molecular formula is C20H32FN5O3. The molecule has 0 saturated carbocycles. The number of amides is 1. The molecule has 1 atom stereocenters. The zero-order chi connectivity index (χ0) is 21.1. The third-order valence-electron chi connectivity index (χ3n) is 4.40. The predicted octanol–water partition coefficient (Wildman–Crippen LogP) is 0.549. The van der Waals surface area contributed by atoms with Crippen molar-refractivity contribution >= 4 is 11.9 Å². The van der Waals surface area contributed by atoms with Gasteiger partial charge in [-0.1, -0.05) is 0 Å². The van der Waals surface area contributed by atoms with Gasteiger partial charge in [0, 0.05) is 40.3 Å². The molecule has 1 aromatic rings. The van der Waals surface area contributed by atoms with Gasteiger partial charge in [0.25, 0.3) is 0 Å². The first-order valence-corrected chi connectivity index (χ1v) is 9.88. The van der Waals surface area contributed by atoms with Crippen molar-refractivity contribution in [1.82, 2.24) is 20.4 Å². The van der Waals surface area contributed by atoms with Crippen molar-refractivity contribution in [2.75, 3.05) is 66.6 Å². The number of rotatable bonds is 9. The molecule has 0 aliphatic carbocycles. The van der Waals surface area contributed by atoms with Gasteiger partial charge in [0.05, 0.1) is 19.8 Å². The molecular weight excluding hydrogens is 377 g/mol. The first-order valence-electron chi connectivity index (χ1n) is 9.88. The quantitative estimate of drug-likeness (QED) is 0.458. The van der Waals surface area contributed by atoms with Gasteiger partial charge in [0.15, 0.2) is 5.96 Å². The number of likely N-dealkylation sites (N-methyl/N-ethyl adjacent to an activating group) is 1. The molecule has 1 amide bonds. The normalized spacial score (nSPS) is 16.2. The number of ether oxygens (including phenoxy) is 2. The van der Waals surface area contributed by atoms with Crippen molar-refractivity contribution in [3.8, 4) is 5.75 Å². The molecule has 2 rings (SSSR count). The zero-order valence-corrected chi connectivity index (χ0v) is 17.5. The fourth-order valence-corrected chi connectivity index (χ4v) is 2.65. The van der Waals surface area contributed by atoms with Crippen LogP contribution in [0.2, 0.25) is 0 Å². The minimum Gasteiger partial charge on any atom is -0.489 e. The smallest absolute Gasteiger partial charge is 0.243 e. The molecule has 29 heavy (non-hydrogen) atoms. The minimum absolute atomic E-state index is 0.0626. The van der Waals surface area contributed by atoms with Crippen molar-refractivity contribution < 1.29 is 18.7 Å². The lowest BCUT2D eigenvalue weighted by Crippen LogP contribution is -2.46. The predicted molar refractivity (Wildman–Crippen MR) is 111 cm³/mol. The molecule has 1 aliphatic heterocycles. The Labute approximate surface area is 172 Å². The summed E-state index contributed by atoms with van der Waals surface area (Å²) in [5, 5.41) is 6.48. The van der Waals surface area contributed by atoms with Gasteiger partial charge in [-0.05, 0) is 31.2 Å². The van der Waals surface area contributed by atoms with Crippen molar-refractivity contribution in [1.29, 1.82) is 0 Å². The van der Waals surface area contributed by atoms with E-state index in [1.54, 1.807) is 26.2 Å². The number of carbonyl (C=O) groups excluding carboxylic acids is 1. The Morgan fingerprint density at radius 1 is 1.28 bits per heavy atom. The first kappa shape index (κ1) is 22.9. The number of carbonyl (C=O) groups is 1. The average Bonchev–Trinajstić information content (AvgIpc) is 2.71. The Bertz CT molecular complexity index is 648. The summed E-state index contributed by atoms with van der Waals surface area (Å²) in [6.07, 6.45) is -0.170. The lowest BCUT2D eigenvalue weighted by molar-refractivity contribution is -0.127. The van der Waals surface area contributed by atoms with E-state index in [0.29, 0.717) is 24.8 Å². The summed E-state index contributed by atoms with van der Waals surface area (Å²) >= 11 is 0. The van der Waals surface area contributed by atoms with Crippen LogP contribution in [0.5, 0.6) is 5.75 Å². The summed E-state index contributed by atoms with van der Waals surface area (Å²) in [6.45, 7) is 7.38. The molecule has 8 nitrogen and oxygen atoms in total. The number of benzene rings is 1. The van der Waals surface area contributed by atoms with Crippen LogP contribution in [0.15, 0.2) is 29.3 Å². The highest BCUT2D eigenvalue weighted by Crippen LogP contribution is 2.12. The highest BCUT2D eigenvalue weighted by Gasteiger charge is 2.11.